The Morgan fingerprint density at radius 1 is 0.250 bits per heavy atom. The summed E-state index contributed by atoms with van der Waals surface area (Å²) in [4.78, 5) is 20.4. The average Bonchev–Trinajstić information content (AvgIpc) is 3.45. The van der Waals surface area contributed by atoms with Crippen molar-refractivity contribution in [2.75, 3.05) is 0 Å². The fraction of sp³-hybridized carbons (Fsp3) is 0.281. The Kier molecular flexibility index (Phi) is 83.7. The normalized spacial score (nSPS) is 7.53. The Morgan fingerprint density at radius 3 is 0.926 bits per heavy atom. The molecule has 8 rings (SSSR count). The third kappa shape index (κ3) is 41.5. The minimum absolute atomic E-state index is 0. The molecule has 4 aromatic carbocycles. The second-order valence-electron chi connectivity index (χ2n) is 9.97. The van der Waals surface area contributed by atoms with Crippen LogP contribution in [0.5, 0.6) is 0 Å². The molecule has 0 fully saturated rings. The van der Waals surface area contributed by atoms with Gasteiger partial charge in [0.1, 0.15) is 6.33 Å². The van der Waals surface area contributed by atoms with Gasteiger partial charge in [-0.05, 0) is 30.3 Å². The fourth-order valence-electron chi connectivity index (χ4n) is 4.33. The van der Waals surface area contributed by atoms with Crippen LogP contribution < -0.4 is 0 Å². The van der Waals surface area contributed by atoms with Crippen molar-refractivity contribution >= 4 is 0 Å². The number of hydrogen-bond donors (Lipinski definition) is 0. The zero-order chi connectivity index (χ0) is 48.9. The summed E-state index contributed by atoms with van der Waals surface area (Å²) in [6, 6.07) is 51.9. The third-order valence-corrected chi connectivity index (χ3v) is 6.66. The van der Waals surface area contributed by atoms with Crippen LogP contribution in [0, 0.1) is 0 Å². The number of nitrogens with zero attached hydrogens (tertiary/aromatic N) is 7. The van der Waals surface area contributed by atoms with Gasteiger partial charge in [-0.15, -0.1) is 0 Å². The number of benzene rings is 4. The summed E-state index contributed by atoms with van der Waals surface area (Å²) < 4.78 is 0. The van der Waals surface area contributed by atoms with Crippen LogP contribution in [0.25, 0.3) is 45.0 Å². The van der Waals surface area contributed by atoms with E-state index in [1.165, 1.54) is 0 Å². The van der Waals surface area contributed by atoms with Crippen molar-refractivity contribution < 1.29 is 131 Å². The Labute approximate surface area is 516 Å². The van der Waals surface area contributed by atoms with Gasteiger partial charge >= 0.3 is 0 Å². The molecule has 356 valence electrons. The summed E-state index contributed by atoms with van der Waals surface area (Å²) in [7, 11) is 0. The van der Waals surface area contributed by atoms with E-state index < -0.39 is 0 Å². The van der Waals surface area contributed by atoms with Crippen molar-refractivity contribution in [3.05, 3.63) is 201 Å². The molecule has 0 bridgehead atoms. The van der Waals surface area contributed by atoms with E-state index in [0.29, 0.717) is 0 Å². The van der Waals surface area contributed by atoms with Gasteiger partial charge in [0.2, 0.25) is 0 Å². The molecule has 4 aromatic heterocycles. The quantitative estimate of drug-likeness (QED) is 0.173. The van der Waals surface area contributed by atoms with Crippen molar-refractivity contribution in [1.82, 2.24) is 35.1 Å². The molecule has 0 spiro atoms. The predicted octanol–water partition coefficient (Wildman–Crippen LogP) is 17.4. The van der Waals surface area contributed by atoms with Crippen molar-refractivity contribution in [1.29, 1.82) is 0 Å². The van der Waals surface area contributed by atoms with Crippen LogP contribution >= 0.6 is 0 Å². The van der Waals surface area contributed by atoms with Crippen LogP contribution in [-0.4, -0.2) is 35.1 Å². The van der Waals surface area contributed by atoms with Crippen molar-refractivity contribution in [2.24, 2.45) is 0 Å². The van der Waals surface area contributed by atoms with Crippen LogP contribution in [0.2, 0.25) is 0 Å². The molecule has 0 aliphatic heterocycles. The molecule has 0 saturated heterocycles. The summed E-state index contributed by atoms with van der Waals surface area (Å²) in [5.74, 6) is 0. The molecule has 0 aliphatic carbocycles. The van der Waals surface area contributed by atoms with Crippen LogP contribution in [-0.2, 0) is 131 Å². The first-order valence-corrected chi connectivity index (χ1v) is 23.3. The van der Waals surface area contributed by atoms with E-state index >= 15 is 0 Å². The number of rotatable bonds is 4. The molecule has 0 amide bonds. The van der Waals surface area contributed by atoms with E-state index in [0.717, 1.165) is 45.0 Å². The Bertz CT molecular complexity index is 1540. The third-order valence-electron chi connectivity index (χ3n) is 6.66. The summed E-state index contributed by atoms with van der Waals surface area (Å²) in [6.45, 7) is 32.0. The number of pyridine rings is 1. The number of hydrogen-bond acceptors (Lipinski definition) is 7. The van der Waals surface area contributed by atoms with Gasteiger partial charge in [0.15, 0.2) is 0 Å². The smallest absolute Gasteiger partial charge is 0.116 e. The first kappa shape index (κ1) is 82.6. The van der Waals surface area contributed by atoms with E-state index in [9.17, 15) is 0 Å². The van der Waals surface area contributed by atoms with Gasteiger partial charge in [0, 0.05) is 184 Å². The Morgan fingerprint density at radius 2 is 0.603 bits per heavy atom. The molecule has 4 heterocycles. The molecule has 68 heavy (non-hydrogen) atoms. The molecule has 0 aliphatic rings. The van der Waals surface area contributed by atoms with Gasteiger partial charge in [-0.25, -0.2) is 9.97 Å². The first-order valence-electron chi connectivity index (χ1n) is 23.3. The second-order valence-corrected chi connectivity index (χ2v) is 9.97. The predicted molar refractivity (Wildman–Crippen MR) is 283 cm³/mol. The zero-order valence-corrected chi connectivity index (χ0v) is 55.8. The molecule has 4 radical (unpaired) electrons. The second kappa shape index (κ2) is 68.9. The van der Waals surface area contributed by atoms with E-state index in [2.05, 4.69) is 47.2 Å². The molecule has 0 unspecified atom stereocenters. The van der Waals surface area contributed by atoms with Gasteiger partial charge in [-0.2, -0.15) is 10.2 Å². The summed E-state index contributed by atoms with van der Waals surface area (Å²) in [5.41, 5.74) is 8.31. The topological polar surface area (TPSA) is 90.2 Å². The van der Waals surface area contributed by atoms with Crippen LogP contribution in [0.15, 0.2) is 201 Å². The van der Waals surface area contributed by atoms with Crippen LogP contribution in [0.1, 0.15) is 111 Å². The Hall–Kier alpha value is -2.31. The van der Waals surface area contributed by atoms with Gasteiger partial charge in [0.25, 0.3) is 0 Å². The van der Waals surface area contributed by atoms with Crippen molar-refractivity contribution in [2.45, 2.75) is 111 Å². The molecule has 0 atom stereocenters. The maximum atomic E-state index is 4.25. The van der Waals surface area contributed by atoms with Gasteiger partial charge in [-0.1, -0.05) is 238 Å². The molecule has 11 heteroatoms. The minimum atomic E-state index is 0. The summed E-state index contributed by atoms with van der Waals surface area (Å²) in [5, 5.41) is 7.81. The number of aromatic nitrogens is 7. The van der Waals surface area contributed by atoms with E-state index in [1.54, 1.807) is 37.3 Å². The van der Waals surface area contributed by atoms with Crippen LogP contribution in [0.4, 0.5) is 0 Å². The van der Waals surface area contributed by atoms with E-state index in [4.69, 9.17) is 0 Å². The SMILES string of the molecule is CC.CC.CC.CC.CC.CC.CC.CC.[Y].[Y].[Y].[Y].c1ccc(-c2ccccn2)cc1.c1ccc(-c2cccnn2)cc1.c1ccc(-c2ccncn2)cc1.c1ccc(-c2cnccn2)cc1. The van der Waals surface area contributed by atoms with Crippen molar-refractivity contribution in [3.63, 3.8) is 0 Å². The molecule has 8 aromatic rings. The Balaban J connectivity index is -0.000000105. The molecular weight excluding hydrogens is 1140 g/mol. The molecule has 0 saturated carbocycles. The van der Waals surface area contributed by atoms with Crippen LogP contribution in [0.3, 0.4) is 0 Å². The van der Waals surface area contributed by atoms with Gasteiger partial charge in [0.05, 0.1) is 29.0 Å². The average molecular weight is 1220 g/mol. The first-order chi connectivity index (χ1) is 31.9. The van der Waals surface area contributed by atoms with E-state index in [-0.39, 0.29) is 131 Å². The molecule has 0 N–H and O–H groups in total. The summed E-state index contributed by atoms with van der Waals surface area (Å²) in [6.07, 6.45) is 11.9. The fourth-order valence-corrected chi connectivity index (χ4v) is 4.33. The minimum Gasteiger partial charge on any atom is -0.261 e. The monoisotopic (exact) mass is 1220 g/mol. The largest absolute Gasteiger partial charge is 0.261 e. The zero-order valence-electron chi connectivity index (χ0n) is 44.5. The van der Waals surface area contributed by atoms with Gasteiger partial charge in [-0.3, -0.25) is 15.0 Å². The van der Waals surface area contributed by atoms with Gasteiger partial charge < -0.3 is 0 Å². The molecular formula is C57H81N7Y4. The maximum absolute atomic E-state index is 4.25. The standard InChI is InChI=1S/C11H9N.3C10H8N2.8C2H6.4Y/c1-2-6-10(7-3-1)11-8-4-5-9-12-11;1-2-5-9(6-3-1)10-7-4-8-11-12-10;1-2-4-9(5-3-1)10-8-11-6-7-12-10;1-2-4-9(5-3-1)10-6-7-11-8-12-10;8*1-2;;;;/h1-9H;3*1-8H;8*1-2H3;;;;. The molecule has 7 nitrogen and oxygen atoms in total. The van der Waals surface area contributed by atoms with Crippen molar-refractivity contribution in [3.8, 4) is 45.0 Å². The summed E-state index contributed by atoms with van der Waals surface area (Å²) >= 11 is 0. The van der Waals surface area contributed by atoms with E-state index in [1.807, 2.05) is 263 Å². The maximum Gasteiger partial charge on any atom is 0.116 e.